The molecule has 2 rings (SSSR count). The van der Waals surface area contributed by atoms with Crippen LogP contribution in [0.1, 0.15) is 26.3 Å². The van der Waals surface area contributed by atoms with E-state index in [1.807, 2.05) is 20.8 Å². The molecule has 32 heavy (non-hydrogen) atoms. The van der Waals surface area contributed by atoms with Crippen molar-refractivity contribution >= 4 is 31.1 Å². The molecule has 1 unspecified atom stereocenters. The van der Waals surface area contributed by atoms with Crippen molar-refractivity contribution in [2.45, 2.75) is 58.2 Å². The highest BCUT2D eigenvalue weighted by molar-refractivity contribution is 8.16. The number of aliphatic imine (C=N–C) groups is 1. The van der Waals surface area contributed by atoms with E-state index in [9.17, 15) is 23.1 Å². The van der Waals surface area contributed by atoms with Gasteiger partial charge < -0.3 is 9.84 Å². The first-order valence-electron chi connectivity index (χ1n) is 10.3. The second-order valence-corrected chi connectivity index (χ2v) is 16.5. The maximum Gasteiger partial charge on any atom is 0.415 e. The second-order valence-electron chi connectivity index (χ2n) is 10.0. The third-order valence-corrected chi connectivity index (χ3v) is 7.42. The van der Waals surface area contributed by atoms with E-state index in [-0.39, 0.29) is 10.7 Å². The van der Waals surface area contributed by atoms with Crippen LogP contribution in [0.2, 0.25) is 25.7 Å². The molecule has 1 heterocycles. The van der Waals surface area contributed by atoms with E-state index in [1.165, 1.54) is 23.6 Å². The molecule has 0 saturated carbocycles. The average molecular weight is 489 g/mol. The van der Waals surface area contributed by atoms with Gasteiger partial charge in [-0.2, -0.15) is 0 Å². The van der Waals surface area contributed by atoms with E-state index in [0.717, 1.165) is 28.8 Å². The number of alkyl halides is 1. The van der Waals surface area contributed by atoms with Gasteiger partial charge in [-0.05, 0) is 23.6 Å². The predicted molar refractivity (Wildman–Crippen MR) is 125 cm³/mol. The Balaban J connectivity index is 2.51. The van der Waals surface area contributed by atoms with E-state index in [1.54, 1.807) is 0 Å². The Morgan fingerprint density at radius 1 is 1.31 bits per heavy atom. The Bertz CT molecular complexity index is 899. The molecule has 1 aliphatic rings. The Hall–Kier alpha value is -1.78. The van der Waals surface area contributed by atoms with E-state index >= 15 is 0 Å². The lowest BCUT2D eigenvalue weighted by molar-refractivity contribution is -0.0760. The Labute approximate surface area is 192 Å². The number of carboxylic acid groups (broad SMARTS) is 1. The van der Waals surface area contributed by atoms with Crippen LogP contribution < -0.4 is 0 Å². The molecule has 10 heteroatoms. The van der Waals surface area contributed by atoms with Crippen LogP contribution in [0.4, 0.5) is 18.0 Å². The zero-order valence-electron chi connectivity index (χ0n) is 19.3. The molecule has 2 atom stereocenters. The van der Waals surface area contributed by atoms with Crippen molar-refractivity contribution in [2.24, 2.45) is 10.4 Å². The summed E-state index contributed by atoms with van der Waals surface area (Å²) in [5, 5.41) is 11.4. The SMILES string of the molecule is CC(C)(C)[C@H](OCC[Si](C)(C)C)N(C(=O)O)C1=NC(CF)(c2cccc(F)c2F)C=CS1. The lowest BCUT2D eigenvalue weighted by Gasteiger charge is -2.40. The van der Waals surface area contributed by atoms with Gasteiger partial charge in [0.2, 0.25) is 0 Å². The monoisotopic (exact) mass is 488 g/mol. The van der Waals surface area contributed by atoms with Gasteiger partial charge in [0.25, 0.3) is 0 Å². The fraction of sp³-hybridized carbons (Fsp3) is 0.545. The number of nitrogens with zero attached hydrogens (tertiary/aromatic N) is 2. The van der Waals surface area contributed by atoms with Gasteiger partial charge in [0.05, 0.1) is 0 Å². The zero-order valence-corrected chi connectivity index (χ0v) is 21.1. The van der Waals surface area contributed by atoms with Gasteiger partial charge in [-0.25, -0.2) is 27.9 Å². The summed E-state index contributed by atoms with van der Waals surface area (Å²) in [6, 6.07) is 4.27. The van der Waals surface area contributed by atoms with Crippen LogP contribution in [0.25, 0.3) is 0 Å². The van der Waals surface area contributed by atoms with Gasteiger partial charge in [0.15, 0.2) is 16.8 Å². The number of benzene rings is 1. The highest BCUT2D eigenvalue weighted by Crippen LogP contribution is 2.39. The van der Waals surface area contributed by atoms with Crippen molar-refractivity contribution in [1.29, 1.82) is 0 Å². The number of carbonyl (C=O) groups is 1. The Morgan fingerprint density at radius 2 is 1.97 bits per heavy atom. The smallest absolute Gasteiger partial charge is 0.415 e. The average Bonchev–Trinajstić information content (AvgIpc) is 2.67. The van der Waals surface area contributed by atoms with Crippen LogP contribution in [-0.2, 0) is 10.3 Å². The normalized spacial score (nSPS) is 20.1. The Morgan fingerprint density at radius 3 is 2.50 bits per heavy atom. The van der Waals surface area contributed by atoms with Crippen LogP contribution in [0.15, 0.2) is 34.7 Å². The van der Waals surface area contributed by atoms with Crippen LogP contribution >= 0.6 is 11.8 Å². The number of hydrogen-bond acceptors (Lipinski definition) is 4. The van der Waals surface area contributed by atoms with E-state index in [0.29, 0.717) is 6.61 Å². The van der Waals surface area contributed by atoms with Crippen LogP contribution in [0, 0.1) is 17.0 Å². The summed E-state index contributed by atoms with van der Waals surface area (Å²) in [4.78, 5) is 17.6. The molecule has 1 aromatic carbocycles. The van der Waals surface area contributed by atoms with Crippen molar-refractivity contribution in [1.82, 2.24) is 4.90 Å². The summed E-state index contributed by atoms with van der Waals surface area (Å²) in [7, 11) is -1.43. The topological polar surface area (TPSA) is 62.1 Å². The minimum absolute atomic E-state index is 0.0609. The molecule has 1 aromatic rings. The first-order chi connectivity index (χ1) is 14.7. The number of halogens is 3. The minimum Gasteiger partial charge on any atom is -0.465 e. The summed E-state index contributed by atoms with van der Waals surface area (Å²) in [5.41, 5.74) is -2.81. The quantitative estimate of drug-likeness (QED) is 0.354. The molecule has 0 radical (unpaired) electrons. The van der Waals surface area contributed by atoms with Gasteiger partial charge in [0.1, 0.15) is 18.4 Å². The lowest BCUT2D eigenvalue weighted by atomic mass is 9.91. The zero-order chi connectivity index (χ0) is 24.3. The lowest BCUT2D eigenvalue weighted by Crippen LogP contribution is -2.52. The van der Waals surface area contributed by atoms with Gasteiger partial charge in [-0.1, -0.05) is 64.3 Å². The standard InChI is InChI=1S/C22H31F3N2O3SSi/c1-21(2,3)18(30-11-13-32(4,5)6)27(20(28)29)19-26-22(14-23,10-12-31-19)15-8-7-9-16(24)17(15)25/h7-10,12,18H,11,13-14H2,1-6H3,(H,28,29)/t18-,22?/m0/s1. The molecule has 0 saturated heterocycles. The van der Waals surface area contributed by atoms with E-state index in [4.69, 9.17) is 4.74 Å². The molecule has 0 fully saturated rings. The molecule has 1 N–H and O–H groups in total. The van der Waals surface area contributed by atoms with Gasteiger partial charge in [0, 0.05) is 25.7 Å². The summed E-state index contributed by atoms with van der Waals surface area (Å²) < 4.78 is 48.7. The van der Waals surface area contributed by atoms with Crippen LogP contribution in [-0.4, -0.2) is 48.9 Å². The number of ether oxygens (including phenoxy) is 1. The summed E-state index contributed by atoms with van der Waals surface area (Å²) in [6.07, 6.45) is -0.923. The molecule has 0 aliphatic carbocycles. The van der Waals surface area contributed by atoms with Crippen molar-refractivity contribution < 1.29 is 27.8 Å². The van der Waals surface area contributed by atoms with Gasteiger partial charge >= 0.3 is 6.09 Å². The molecule has 178 valence electrons. The maximum absolute atomic E-state index is 14.5. The fourth-order valence-electron chi connectivity index (χ4n) is 3.16. The number of rotatable bonds is 7. The molecule has 1 amide bonds. The van der Waals surface area contributed by atoms with Crippen molar-refractivity contribution in [3.8, 4) is 0 Å². The minimum atomic E-state index is -1.87. The number of amidine groups is 1. The second kappa shape index (κ2) is 10.0. The number of hydrogen-bond donors (Lipinski definition) is 1. The van der Waals surface area contributed by atoms with E-state index in [2.05, 4.69) is 24.6 Å². The molecule has 0 bridgehead atoms. The van der Waals surface area contributed by atoms with Crippen LogP contribution in [0.3, 0.4) is 0 Å². The first-order valence-corrected chi connectivity index (χ1v) is 14.9. The molecule has 1 aliphatic heterocycles. The third-order valence-electron chi connectivity index (χ3n) is 4.95. The Kier molecular flexibility index (Phi) is 8.28. The molecule has 5 nitrogen and oxygen atoms in total. The van der Waals surface area contributed by atoms with Crippen molar-refractivity contribution in [2.75, 3.05) is 13.3 Å². The molecule has 0 spiro atoms. The van der Waals surface area contributed by atoms with Crippen molar-refractivity contribution in [3.63, 3.8) is 0 Å². The molecular formula is C22H31F3N2O3SSi. The van der Waals surface area contributed by atoms with Gasteiger partial charge in [-0.15, -0.1) is 0 Å². The van der Waals surface area contributed by atoms with Gasteiger partial charge in [-0.3, -0.25) is 0 Å². The summed E-state index contributed by atoms with van der Waals surface area (Å²) in [5.74, 6) is -2.35. The summed E-state index contributed by atoms with van der Waals surface area (Å²) in [6.45, 7) is 11.3. The third kappa shape index (κ3) is 6.17. The summed E-state index contributed by atoms with van der Waals surface area (Å²) >= 11 is 0.966. The highest BCUT2D eigenvalue weighted by atomic mass is 32.2. The molecule has 0 aromatic heterocycles. The maximum atomic E-state index is 14.5. The molecular weight excluding hydrogens is 457 g/mol. The largest absolute Gasteiger partial charge is 0.465 e. The number of thioether (sulfide) groups is 1. The first kappa shape index (κ1) is 26.5. The highest BCUT2D eigenvalue weighted by Gasteiger charge is 2.42. The van der Waals surface area contributed by atoms with Crippen molar-refractivity contribution in [3.05, 3.63) is 46.9 Å². The van der Waals surface area contributed by atoms with Crippen LogP contribution in [0.5, 0.6) is 0 Å². The predicted octanol–water partition coefficient (Wildman–Crippen LogP) is 6.45. The fourth-order valence-corrected chi connectivity index (χ4v) is 4.81. The number of amides is 1. The van der Waals surface area contributed by atoms with E-state index < -0.39 is 49.7 Å².